The van der Waals surface area contributed by atoms with Gasteiger partial charge < -0.3 is 4.74 Å². The lowest BCUT2D eigenvalue weighted by Crippen LogP contribution is -1.98. The zero-order chi connectivity index (χ0) is 16.6. The molecule has 0 bridgehead atoms. The Balaban J connectivity index is 1.34. The van der Waals surface area contributed by atoms with Gasteiger partial charge in [0.05, 0.1) is 0 Å². The molecular formula is C22H26O2. The summed E-state index contributed by atoms with van der Waals surface area (Å²) < 4.78 is 5.80. The zero-order valence-corrected chi connectivity index (χ0v) is 14.2. The van der Waals surface area contributed by atoms with Crippen LogP contribution in [0.4, 0.5) is 0 Å². The number of para-hydroxylation sites is 1. The van der Waals surface area contributed by atoms with Gasteiger partial charge in [0, 0.05) is 12.8 Å². The minimum atomic E-state index is 0.452. The molecule has 2 heteroatoms. The molecule has 0 unspecified atom stereocenters. The maximum absolute atomic E-state index is 11.8. The highest BCUT2D eigenvalue weighted by Gasteiger charge is 2.21. The van der Waals surface area contributed by atoms with Crippen LogP contribution in [-0.2, 0) is 11.2 Å². The van der Waals surface area contributed by atoms with Crippen molar-refractivity contribution in [3.05, 3.63) is 60.2 Å². The van der Waals surface area contributed by atoms with Gasteiger partial charge in [-0.1, -0.05) is 43.2 Å². The number of hydrogen-bond donors (Lipinski definition) is 0. The molecule has 1 aliphatic carbocycles. The number of carbonyl (C=O) groups excluding carboxylic acids is 1. The van der Waals surface area contributed by atoms with E-state index in [0.717, 1.165) is 55.9 Å². The molecule has 2 aromatic rings. The number of Topliss-reactive ketones (excluding diaryl/α,β-unsaturated/α-hetero) is 1. The molecule has 0 spiro atoms. The summed E-state index contributed by atoms with van der Waals surface area (Å²) in [7, 11) is 0. The van der Waals surface area contributed by atoms with Gasteiger partial charge in [0.25, 0.3) is 0 Å². The van der Waals surface area contributed by atoms with Crippen LogP contribution in [0.3, 0.4) is 0 Å². The number of ether oxygens (including phenoxy) is 1. The molecule has 2 aromatic carbocycles. The Labute approximate surface area is 144 Å². The van der Waals surface area contributed by atoms with Gasteiger partial charge in [-0.15, -0.1) is 0 Å². The zero-order valence-electron chi connectivity index (χ0n) is 14.2. The Morgan fingerprint density at radius 3 is 2.29 bits per heavy atom. The SMILES string of the molecule is O=C(CCCCc1ccc(Oc2ccccc2)cc1)CCC1CC1. The second kappa shape index (κ2) is 8.68. The number of aryl methyl sites for hydroxylation is 1. The van der Waals surface area contributed by atoms with E-state index in [0.29, 0.717) is 5.78 Å². The Kier molecular flexibility index (Phi) is 6.06. The number of hydrogen-bond acceptors (Lipinski definition) is 2. The monoisotopic (exact) mass is 322 g/mol. The van der Waals surface area contributed by atoms with E-state index in [9.17, 15) is 4.79 Å². The number of unbranched alkanes of at least 4 members (excludes halogenated alkanes) is 1. The van der Waals surface area contributed by atoms with Gasteiger partial charge >= 0.3 is 0 Å². The summed E-state index contributed by atoms with van der Waals surface area (Å²) in [5, 5.41) is 0. The Morgan fingerprint density at radius 2 is 1.58 bits per heavy atom. The van der Waals surface area contributed by atoms with Crippen molar-refractivity contribution in [2.75, 3.05) is 0 Å². The van der Waals surface area contributed by atoms with Crippen molar-refractivity contribution < 1.29 is 9.53 Å². The fourth-order valence-corrected chi connectivity index (χ4v) is 2.90. The lowest BCUT2D eigenvalue weighted by molar-refractivity contribution is -0.119. The van der Waals surface area contributed by atoms with Crippen LogP contribution in [0.15, 0.2) is 54.6 Å². The minimum Gasteiger partial charge on any atom is -0.457 e. The molecule has 126 valence electrons. The highest BCUT2D eigenvalue weighted by Crippen LogP contribution is 2.33. The van der Waals surface area contributed by atoms with Gasteiger partial charge in [-0.05, 0) is 61.4 Å². The minimum absolute atomic E-state index is 0.452. The molecule has 0 aliphatic heterocycles. The summed E-state index contributed by atoms with van der Waals surface area (Å²) >= 11 is 0. The molecule has 0 amide bonds. The number of benzene rings is 2. The van der Waals surface area contributed by atoms with Crippen LogP contribution in [-0.4, -0.2) is 5.78 Å². The molecule has 0 N–H and O–H groups in total. The predicted molar refractivity (Wildman–Crippen MR) is 97.5 cm³/mol. The third-order valence-electron chi connectivity index (χ3n) is 4.60. The Morgan fingerprint density at radius 1 is 0.875 bits per heavy atom. The first-order chi connectivity index (χ1) is 11.8. The lowest BCUT2D eigenvalue weighted by Gasteiger charge is -2.07. The third-order valence-corrected chi connectivity index (χ3v) is 4.60. The van der Waals surface area contributed by atoms with E-state index in [4.69, 9.17) is 4.74 Å². The van der Waals surface area contributed by atoms with Gasteiger partial charge in [0.1, 0.15) is 17.3 Å². The van der Waals surface area contributed by atoms with Crippen molar-refractivity contribution >= 4 is 5.78 Å². The van der Waals surface area contributed by atoms with E-state index >= 15 is 0 Å². The molecule has 1 saturated carbocycles. The lowest BCUT2D eigenvalue weighted by atomic mass is 10.0. The average Bonchev–Trinajstić information content (AvgIpc) is 3.44. The van der Waals surface area contributed by atoms with Crippen LogP contribution in [0, 0.1) is 5.92 Å². The van der Waals surface area contributed by atoms with E-state index in [2.05, 4.69) is 12.1 Å². The first-order valence-electron chi connectivity index (χ1n) is 9.13. The molecule has 0 atom stereocenters. The molecule has 0 aromatic heterocycles. The summed E-state index contributed by atoms with van der Waals surface area (Å²) in [4.78, 5) is 11.8. The number of rotatable bonds is 10. The van der Waals surface area contributed by atoms with E-state index in [-0.39, 0.29) is 0 Å². The molecule has 0 radical (unpaired) electrons. The van der Waals surface area contributed by atoms with E-state index in [1.54, 1.807) is 0 Å². The summed E-state index contributed by atoms with van der Waals surface area (Å²) in [6, 6.07) is 18.1. The maximum atomic E-state index is 11.8. The van der Waals surface area contributed by atoms with Gasteiger partial charge in [0.15, 0.2) is 0 Å². The van der Waals surface area contributed by atoms with E-state index < -0.39 is 0 Å². The Bertz CT molecular complexity index is 627. The summed E-state index contributed by atoms with van der Waals surface area (Å²) in [5.41, 5.74) is 1.31. The quantitative estimate of drug-likeness (QED) is 0.505. The fraction of sp³-hybridized carbons (Fsp3) is 0.409. The summed E-state index contributed by atoms with van der Waals surface area (Å²) in [6.45, 7) is 0. The van der Waals surface area contributed by atoms with Crippen molar-refractivity contribution in [2.45, 2.75) is 51.4 Å². The van der Waals surface area contributed by atoms with Gasteiger partial charge in [-0.3, -0.25) is 4.79 Å². The second-order valence-corrected chi connectivity index (χ2v) is 6.79. The second-order valence-electron chi connectivity index (χ2n) is 6.79. The first-order valence-corrected chi connectivity index (χ1v) is 9.13. The molecule has 1 aliphatic rings. The third kappa shape index (κ3) is 5.84. The van der Waals surface area contributed by atoms with Crippen LogP contribution >= 0.6 is 0 Å². The predicted octanol–water partition coefficient (Wildman–Crippen LogP) is 5.95. The van der Waals surface area contributed by atoms with Crippen molar-refractivity contribution in [1.29, 1.82) is 0 Å². The highest BCUT2D eigenvalue weighted by molar-refractivity contribution is 5.78. The molecule has 1 fully saturated rings. The molecule has 24 heavy (non-hydrogen) atoms. The van der Waals surface area contributed by atoms with E-state index in [1.165, 1.54) is 18.4 Å². The van der Waals surface area contributed by atoms with Gasteiger partial charge in [-0.2, -0.15) is 0 Å². The highest BCUT2D eigenvalue weighted by atomic mass is 16.5. The van der Waals surface area contributed by atoms with Crippen LogP contribution in [0.2, 0.25) is 0 Å². The maximum Gasteiger partial charge on any atom is 0.132 e. The molecule has 3 rings (SSSR count). The van der Waals surface area contributed by atoms with Crippen LogP contribution in [0.1, 0.15) is 50.5 Å². The van der Waals surface area contributed by atoms with Crippen LogP contribution in [0.25, 0.3) is 0 Å². The van der Waals surface area contributed by atoms with Crippen molar-refractivity contribution in [2.24, 2.45) is 5.92 Å². The molecule has 0 heterocycles. The van der Waals surface area contributed by atoms with Crippen LogP contribution < -0.4 is 4.74 Å². The molecular weight excluding hydrogens is 296 g/mol. The molecule has 0 saturated heterocycles. The number of ketones is 1. The Hall–Kier alpha value is -2.09. The van der Waals surface area contributed by atoms with Crippen molar-refractivity contribution in [3.63, 3.8) is 0 Å². The summed E-state index contributed by atoms with van der Waals surface area (Å²) in [5.74, 6) is 3.04. The topological polar surface area (TPSA) is 26.3 Å². The fourth-order valence-electron chi connectivity index (χ4n) is 2.90. The van der Waals surface area contributed by atoms with E-state index in [1.807, 2.05) is 42.5 Å². The van der Waals surface area contributed by atoms with Gasteiger partial charge in [-0.25, -0.2) is 0 Å². The smallest absolute Gasteiger partial charge is 0.132 e. The summed E-state index contributed by atoms with van der Waals surface area (Å²) in [6.07, 6.45) is 8.48. The van der Waals surface area contributed by atoms with Gasteiger partial charge in [0.2, 0.25) is 0 Å². The van der Waals surface area contributed by atoms with Crippen molar-refractivity contribution in [3.8, 4) is 11.5 Å². The number of carbonyl (C=O) groups is 1. The average molecular weight is 322 g/mol. The standard InChI is InChI=1S/C22H26O2/c23-20(15-12-19-10-11-19)7-5-4-6-18-13-16-22(17-14-18)24-21-8-2-1-3-9-21/h1-3,8-9,13-14,16-17,19H,4-7,10-12,15H2. The normalized spacial score (nSPS) is 13.7. The first kappa shape index (κ1) is 16.8. The van der Waals surface area contributed by atoms with Crippen molar-refractivity contribution in [1.82, 2.24) is 0 Å². The van der Waals surface area contributed by atoms with Crippen LogP contribution in [0.5, 0.6) is 11.5 Å². The largest absolute Gasteiger partial charge is 0.457 e. The molecule has 2 nitrogen and oxygen atoms in total.